The fourth-order valence-electron chi connectivity index (χ4n) is 2.46. The molecule has 0 fully saturated rings. The molecule has 1 aromatic heterocycles. The van der Waals surface area contributed by atoms with Crippen LogP contribution < -0.4 is 15.5 Å². The molecule has 1 amide bonds. The van der Waals surface area contributed by atoms with E-state index in [0.29, 0.717) is 33.7 Å². The number of aromatic nitrogens is 1. The lowest BCUT2D eigenvalue weighted by atomic mass is 10.1. The number of amides is 1. The third-order valence-electron chi connectivity index (χ3n) is 3.87. The number of carbonyl (C=O) groups is 1. The number of carbonyl (C=O) groups excluding carboxylic acids is 1. The van der Waals surface area contributed by atoms with Crippen LogP contribution in [-0.2, 0) is 11.3 Å². The number of ether oxygens (including phenoxy) is 1. The molecule has 3 N–H and O–H groups in total. The van der Waals surface area contributed by atoms with Crippen molar-refractivity contribution in [3.05, 3.63) is 88.2 Å². The molecule has 2 aromatic carbocycles. The van der Waals surface area contributed by atoms with Crippen molar-refractivity contribution in [2.24, 2.45) is 0 Å². The zero-order valence-corrected chi connectivity index (χ0v) is 16.6. The summed E-state index contributed by atoms with van der Waals surface area (Å²) in [4.78, 5) is 15.5. The fraction of sp³-hybridized carbons (Fsp3) is 0.0476. The predicted molar refractivity (Wildman–Crippen MR) is 114 cm³/mol. The Kier molecular flexibility index (Phi) is 7.08. The summed E-state index contributed by atoms with van der Waals surface area (Å²) in [6.45, 7) is 0.584. The molecule has 6 nitrogen and oxygen atoms in total. The number of hydrogen-bond donors (Lipinski definition) is 3. The monoisotopic (exact) mass is 429 g/mol. The van der Waals surface area contributed by atoms with Gasteiger partial charge in [-0.15, -0.1) is 0 Å². The number of pyridine rings is 1. The van der Waals surface area contributed by atoms with Crippen LogP contribution in [0.2, 0.25) is 10.0 Å². The molecule has 0 bridgehead atoms. The van der Waals surface area contributed by atoms with Crippen molar-refractivity contribution in [2.45, 2.75) is 6.54 Å². The van der Waals surface area contributed by atoms with Gasteiger partial charge >= 0.3 is 0 Å². The lowest BCUT2D eigenvalue weighted by Crippen LogP contribution is -2.14. The highest BCUT2D eigenvalue weighted by Crippen LogP contribution is 2.32. The van der Waals surface area contributed by atoms with Crippen LogP contribution in [0.3, 0.4) is 0 Å². The number of halogens is 2. The molecule has 1 heterocycles. The van der Waals surface area contributed by atoms with Crippen molar-refractivity contribution in [3.63, 3.8) is 0 Å². The molecule has 0 aliphatic heterocycles. The lowest BCUT2D eigenvalue weighted by molar-refractivity contribution is -0.124. The van der Waals surface area contributed by atoms with E-state index < -0.39 is 5.91 Å². The molecule has 148 valence electrons. The molecule has 3 aromatic rings. The summed E-state index contributed by atoms with van der Waals surface area (Å²) >= 11 is 12.0. The van der Waals surface area contributed by atoms with E-state index in [1.807, 2.05) is 24.3 Å². The first kappa shape index (κ1) is 20.7. The van der Waals surface area contributed by atoms with Crippen LogP contribution in [0, 0.1) is 0 Å². The van der Waals surface area contributed by atoms with Crippen LogP contribution in [0.1, 0.15) is 11.1 Å². The topological polar surface area (TPSA) is 83.5 Å². The van der Waals surface area contributed by atoms with E-state index in [4.69, 9.17) is 33.1 Å². The molecule has 29 heavy (non-hydrogen) atoms. The maximum absolute atomic E-state index is 11.4. The number of hydrogen-bond acceptors (Lipinski definition) is 5. The summed E-state index contributed by atoms with van der Waals surface area (Å²) in [6.07, 6.45) is 6.23. The van der Waals surface area contributed by atoms with Gasteiger partial charge in [-0.1, -0.05) is 29.3 Å². The molecule has 0 radical (unpaired) electrons. The summed E-state index contributed by atoms with van der Waals surface area (Å²) in [5, 5.41) is 12.8. The normalized spacial score (nSPS) is 10.7. The number of hydroxylamine groups is 1. The van der Waals surface area contributed by atoms with E-state index in [0.717, 1.165) is 11.3 Å². The van der Waals surface area contributed by atoms with Crippen LogP contribution in [-0.4, -0.2) is 16.1 Å². The standard InChI is InChI=1S/C21H17Cl2N3O3/c22-18-6-5-17(11-19(18)23)29-20-7-4-16(10-15(20)3-8-21(27)26-28)25-13-14-2-1-9-24-12-14/h1-12,25,28H,13H2,(H,26,27)/b8-3+. The molecular formula is C21H17Cl2N3O3. The minimum atomic E-state index is -0.654. The van der Waals surface area contributed by atoms with Crippen molar-refractivity contribution in [3.8, 4) is 11.5 Å². The molecular weight excluding hydrogens is 413 g/mol. The van der Waals surface area contributed by atoms with Crippen molar-refractivity contribution < 1.29 is 14.7 Å². The Bertz CT molecular complexity index is 1030. The molecule has 0 saturated carbocycles. The zero-order chi connectivity index (χ0) is 20.6. The SMILES string of the molecule is O=C(/C=C/c1cc(NCc2cccnc2)ccc1Oc1ccc(Cl)c(Cl)c1)NO. The van der Waals surface area contributed by atoms with Crippen LogP contribution in [0.4, 0.5) is 5.69 Å². The molecule has 0 saturated heterocycles. The Balaban J connectivity index is 1.84. The van der Waals surface area contributed by atoms with Crippen LogP contribution in [0.5, 0.6) is 11.5 Å². The van der Waals surface area contributed by atoms with Gasteiger partial charge in [-0.25, -0.2) is 5.48 Å². The lowest BCUT2D eigenvalue weighted by Gasteiger charge is -2.13. The van der Waals surface area contributed by atoms with Gasteiger partial charge in [0.15, 0.2) is 0 Å². The second-order valence-corrected chi connectivity index (χ2v) is 6.77. The highest BCUT2D eigenvalue weighted by molar-refractivity contribution is 6.42. The average Bonchev–Trinajstić information content (AvgIpc) is 2.75. The Morgan fingerprint density at radius 1 is 1.14 bits per heavy atom. The Morgan fingerprint density at radius 3 is 2.72 bits per heavy atom. The fourth-order valence-corrected chi connectivity index (χ4v) is 2.75. The van der Waals surface area contributed by atoms with Gasteiger partial charge in [0.05, 0.1) is 10.0 Å². The predicted octanol–water partition coefficient (Wildman–Crippen LogP) is 5.31. The smallest absolute Gasteiger partial charge is 0.267 e. The average molecular weight is 430 g/mol. The van der Waals surface area contributed by atoms with E-state index >= 15 is 0 Å². The molecule has 3 rings (SSSR count). The van der Waals surface area contributed by atoms with Crippen LogP contribution in [0.15, 0.2) is 67.0 Å². The first-order valence-corrected chi connectivity index (χ1v) is 9.32. The Morgan fingerprint density at radius 2 is 2.00 bits per heavy atom. The first-order valence-electron chi connectivity index (χ1n) is 8.57. The second kappa shape index (κ2) is 9.93. The van der Waals surface area contributed by atoms with E-state index in [1.54, 1.807) is 42.1 Å². The second-order valence-electron chi connectivity index (χ2n) is 5.95. The van der Waals surface area contributed by atoms with Crippen molar-refractivity contribution >= 4 is 40.9 Å². The molecule has 0 aliphatic rings. The van der Waals surface area contributed by atoms with Gasteiger partial charge in [-0.05, 0) is 48.0 Å². The van der Waals surface area contributed by atoms with Gasteiger partial charge in [-0.3, -0.25) is 15.0 Å². The maximum atomic E-state index is 11.4. The molecule has 8 heteroatoms. The van der Waals surface area contributed by atoms with Gasteiger partial charge in [0.2, 0.25) is 0 Å². The van der Waals surface area contributed by atoms with Gasteiger partial charge in [0.1, 0.15) is 11.5 Å². The van der Waals surface area contributed by atoms with Crippen molar-refractivity contribution in [1.29, 1.82) is 0 Å². The quantitative estimate of drug-likeness (QED) is 0.269. The largest absolute Gasteiger partial charge is 0.457 e. The minimum absolute atomic E-state index is 0.371. The number of nitrogens with zero attached hydrogens (tertiary/aromatic N) is 1. The number of benzene rings is 2. The third kappa shape index (κ3) is 5.96. The van der Waals surface area contributed by atoms with E-state index in [-0.39, 0.29) is 0 Å². The molecule has 0 atom stereocenters. The molecule has 0 unspecified atom stereocenters. The first-order chi connectivity index (χ1) is 14.0. The number of nitrogens with one attached hydrogen (secondary N) is 2. The van der Waals surface area contributed by atoms with Crippen LogP contribution in [0.25, 0.3) is 6.08 Å². The Hall–Kier alpha value is -3.06. The highest BCUT2D eigenvalue weighted by atomic mass is 35.5. The van der Waals surface area contributed by atoms with E-state index in [1.165, 1.54) is 12.2 Å². The van der Waals surface area contributed by atoms with Gasteiger partial charge in [0.25, 0.3) is 5.91 Å². The summed E-state index contributed by atoms with van der Waals surface area (Å²) in [7, 11) is 0. The summed E-state index contributed by atoms with van der Waals surface area (Å²) in [6, 6.07) is 14.2. The van der Waals surface area contributed by atoms with Gasteiger partial charge in [0, 0.05) is 42.3 Å². The van der Waals surface area contributed by atoms with Crippen LogP contribution >= 0.6 is 23.2 Å². The highest BCUT2D eigenvalue weighted by Gasteiger charge is 2.08. The Labute approximate surface area is 177 Å². The maximum Gasteiger partial charge on any atom is 0.267 e. The van der Waals surface area contributed by atoms with E-state index in [2.05, 4.69) is 10.3 Å². The minimum Gasteiger partial charge on any atom is -0.457 e. The van der Waals surface area contributed by atoms with Gasteiger partial charge < -0.3 is 10.1 Å². The van der Waals surface area contributed by atoms with Gasteiger partial charge in [-0.2, -0.15) is 0 Å². The van der Waals surface area contributed by atoms with Crippen molar-refractivity contribution in [1.82, 2.24) is 10.5 Å². The van der Waals surface area contributed by atoms with E-state index in [9.17, 15) is 4.79 Å². The molecule has 0 spiro atoms. The summed E-state index contributed by atoms with van der Waals surface area (Å²) in [5.74, 6) is 0.341. The molecule has 0 aliphatic carbocycles. The summed E-state index contributed by atoms with van der Waals surface area (Å²) in [5.41, 5.74) is 4.03. The van der Waals surface area contributed by atoms with Crippen molar-refractivity contribution in [2.75, 3.05) is 5.32 Å². The zero-order valence-electron chi connectivity index (χ0n) is 15.1. The summed E-state index contributed by atoms with van der Waals surface area (Å²) < 4.78 is 5.90. The number of anilines is 1. The number of rotatable bonds is 7. The third-order valence-corrected chi connectivity index (χ3v) is 4.61.